The molecule has 1 amide bonds. The van der Waals surface area contributed by atoms with Crippen molar-refractivity contribution in [3.63, 3.8) is 0 Å². The number of amides is 1. The fourth-order valence-corrected chi connectivity index (χ4v) is 1.82. The molecule has 0 aliphatic rings. The van der Waals surface area contributed by atoms with Gasteiger partial charge in [0.1, 0.15) is 5.75 Å². The number of carbonyl (C=O) groups excluding carboxylic acids is 1. The van der Waals surface area contributed by atoms with Crippen LogP contribution in [0.15, 0.2) is 41.5 Å². The molecule has 1 N–H and O–H groups in total. The zero-order valence-electron chi connectivity index (χ0n) is 11.6. The van der Waals surface area contributed by atoms with Crippen molar-refractivity contribution in [3.8, 4) is 5.75 Å². The molecule has 0 aliphatic carbocycles. The van der Waals surface area contributed by atoms with Crippen LogP contribution in [-0.2, 0) is 4.74 Å². The Hall–Kier alpha value is -2.56. The lowest BCUT2D eigenvalue weighted by Gasteiger charge is -2.06. The highest BCUT2D eigenvalue weighted by molar-refractivity contribution is 6.02. The molecule has 5 heteroatoms. The van der Waals surface area contributed by atoms with Crippen molar-refractivity contribution < 1.29 is 14.3 Å². The van der Waals surface area contributed by atoms with Crippen LogP contribution in [0.25, 0.3) is 10.8 Å². The highest BCUT2D eigenvalue weighted by atomic mass is 16.5. The Morgan fingerprint density at radius 3 is 2.50 bits per heavy atom. The van der Waals surface area contributed by atoms with Crippen molar-refractivity contribution in [2.24, 2.45) is 5.10 Å². The number of hydrogen-bond donors (Lipinski definition) is 1. The third-order valence-electron chi connectivity index (χ3n) is 2.97. The summed E-state index contributed by atoms with van der Waals surface area (Å²) < 4.78 is 9.65. The maximum atomic E-state index is 11.0. The van der Waals surface area contributed by atoms with Gasteiger partial charge in [-0.05, 0) is 41.5 Å². The van der Waals surface area contributed by atoms with E-state index in [0.717, 1.165) is 22.1 Å². The van der Waals surface area contributed by atoms with Crippen LogP contribution >= 0.6 is 0 Å². The van der Waals surface area contributed by atoms with Gasteiger partial charge in [0.15, 0.2) is 0 Å². The van der Waals surface area contributed by atoms with Gasteiger partial charge in [0.2, 0.25) is 0 Å². The summed E-state index contributed by atoms with van der Waals surface area (Å²) in [6.07, 6.45) is -0.588. The number of methoxy groups -OCH3 is 2. The van der Waals surface area contributed by atoms with Crippen LogP contribution in [0, 0.1) is 0 Å². The molecule has 0 aliphatic heterocycles. The van der Waals surface area contributed by atoms with Gasteiger partial charge in [0.05, 0.1) is 19.9 Å². The van der Waals surface area contributed by atoms with E-state index in [1.165, 1.54) is 7.11 Å². The minimum Gasteiger partial charge on any atom is -0.497 e. The van der Waals surface area contributed by atoms with E-state index in [1.54, 1.807) is 7.11 Å². The summed E-state index contributed by atoms with van der Waals surface area (Å²) in [4.78, 5) is 11.0. The predicted octanol–water partition coefficient (Wildman–Crippen LogP) is 2.93. The zero-order valence-corrected chi connectivity index (χ0v) is 11.6. The minimum atomic E-state index is -0.588. The van der Waals surface area contributed by atoms with Crippen molar-refractivity contribution in [2.75, 3.05) is 14.2 Å². The van der Waals surface area contributed by atoms with E-state index in [4.69, 9.17) is 4.74 Å². The molecule has 5 nitrogen and oxygen atoms in total. The van der Waals surface area contributed by atoms with E-state index in [-0.39, 0.29) is 0 Å². The second-order valence-electron chi connectivity index (χ2n) is 4.23. The number of rotatable bonds is 3. The Labute approximate surface area is 117 Å². The average molecular weight is 272 g/mol. The number of benzene rings is 2. The number of hydrogen-bond acceptors (Lipinski definition) is 4. The van der Waals surface area contributed by atoms with Crippen molar-refractivity contribution in [1.82, 2.24) is 5.43 Å². The summed E-state index contributed by atoms with van der Waals surface area (Å²) >= 11 is 0. The van der Waals surface area contributed by atoms with Crippen LogP contribution in [0.2, 0.25) is 0 Å². The van der Waals surface area contributed by atoms with Gasteiger partial charge < -0.3 is 9.47 Å². The van der Waals surface area contributed by atoms with Gasteiger partial charge in [-0.1, -0.05) is 18.2 Å². The molecule has 0 fully saturated rings. The molecule has 0 bridgehead atoms. The van der Waals surface area contributed by atoms with Gasteiger partial charge in [-0.2, -0.15) is 5.10 Å². The number of carbonyl (C=O) groups is 1. The number of nitrogens with one attached hydrogen (secondary N) is 1. The van der Waals surface area contributed by atoms with Gasteiger partial charge in [0, 0.05) is 0 Å². The first-order valence-electron chi connectivity index (χ1n) is 6.10. The van der Waals surface area contributed by atoms with Crippen molar-refractivity contribution in [1.29, 1.82) is 0 Å². The highest BCUT2D eigenvalue weighted by Crippen LogP contribution is 2.22. The van der Waals surface area contributed by atoms with Crippen LogP contribution in [0.4, 0.5) is 4.79 Å². The average Bonchev–Trinajstić information content (AvgIpc) is 2.50. The molecule has 0 unspecified atom stereocenters. The predicted molar refractivity (Wildman–Crippen MR) is 78.3 cm³/mol. The molecule has 0 saturated heterocycles. The van der Waals surface area contributed by atoms with Crippen LogP contribution in [0.1, 0.15) is 12.5 Å². The second-order valence-corrected chi connectivity index (χ2v) is 4.23. The molecule has 0 spiro atoms. The topological polar surface area (TPSA) is 59.9 Å². The van der Waals surface area contributed by atoms with E-state index in [1.807, 2.05) is 43.3 Å². The standard InChI is InChI=1S/C15H16N2O3/c1-10(16-17-15(18)20-3)11-4-5-13-9-14(19-2)7-6-12(13)8-11/h4-9H,1-3H3,(H,17,18). The Balaban J connectivity index is 2.29. The quantitative estimate of drug-likeness (QED) is 0.690. The first kappa shape index (κ1) is 13.9. The lowest BCUT2D eigenvalue weighted by atomic mass is 10.0. The largest absolute Gasteiger partial charge is 0.497 e. The van der Waals surface area contributed by atoms with Crippen LogP contribution < -0.4 is 10.2 Å². The van der Waals surface area contributed by atoms with E-state index < -0.39 is 6.09 Å². The Bertz CT molecular complexity index is 665. The summed E-state index contributed by atoms with van der Waals surface area (Å²) in [5.41, 5.74) is 3.94. The van der Waals surface area contributed by atoms with Gasteiger partial charge >= 0.3 is 6.09 Å². The Morgan fingerprint density at radius 2 is 1.80 bits per heavy atom. The summed E-state index contributed by atoms with van der Waals surface area (Å²) in [6.45, 7) is 1.82. The molecule has 0 aromatic heterocycles. The van der Waals surface area contributed by atoms with Crippen molar-refractivity contribution >= 4 is 22.6 Å². The molecule has 2 rings (SSSR count). The number of fused-ring (bicyclic) bond motifs is 1. The lowest BCUT2D eigenvalue weighted by Crippen LogP contribution is -2.18. The second kappa shape index (κ2) is 6.06. The third kappa shape index (κ3) is 3.06. The monoisotopic (exact) mass is 272 g/mol. The summed E-state index contributed by atoms with van der Waals surface area (Å²) in [5, 5.41) is 6.14. The van der Waals surface area contributed by atoms with Gasteiger partial charge in [-0.3, -0.25) is 0 Å². The summed E-state index contributed by atoms with van der Waals surface area (Å²) in [5.74, 6) is 0.822. The third-order valence-corrected chi connectivity index (χ3v) is 2.97. The number of ether oxygens (including phenoxy) is 2. The first-order chi connectivity index (χ1) is 9.63. The van der Waals surface area contributed by atoms with Crippen LogP contribution in [-0.4, -0.2) is 26.0 Å². The molecule has 2 aromatic carbocycles. The molecular formula is C15H16N2O3. The van der Waals surface area contributed by atoms with Gasteiger partial charge in [-0.15, -0.1) is 0 Å². The molecule has 104 valence electrons. The first-order valence-corrected chi connectivity index (χ1v) is 6.10. The molecule has 0 heterocycles. The normalized spacial score (nSPS) is 11.2. The molecule has 0 atom stereocenters. The van der Waals surface area contributed by atoms with Crippen molar-refractivity contribution in [3.05, 3.63) is 42.0 Å². The van der Waals surface area contributed by atoms with Crippen LogP contribution in [0.3, 0.4) is 0 Å². The van der Waals surface area contributed by atoms with Gasteiger partial charge in [-0.25, -0.2) is 10.2 Å². The van der Waals surface area contributed by atoms with E-state index in [2.05, 4.69) is 15.3 Å². The summed E-state index contributed by atoms with van der Waals surface area (Å²) in [6, 6.07) is 11.8. The number of nitrogens with zero attached hydrogens (tertiary/aromatic N) is 1. The molecule has 20 heavy (non-hydrogen) atoms. The van der Waals surface area contributed by atoms with Gasteiger partial charge in [0.25, 0.3) is 0 Å². The van der Waals surface area contributed by atoms with E-state index >= 15 is 0 Å². The molecule has 0 saturated carbocycles. The Morgan fingerprint density at radius 1 is 1.10 bits per heavy atom. The highest BCUT2D eigenvalue weighted by Gasteiger charge is 2.02. The van der Waals surface area contributed by atoms with Crippen LogP contribution in [0.5, 0.6) is 5.75 Å². The minimum absolute atomic E-state index is 0.588. The molecule has 2 aromatic rings. The Kier molecular flexibility index (Phi) is 4.20. The fourth-order valence-electron chi connectivity index (χ4n) is 1.82. The van der Waals surface area contributed by atoms with Crippen molar-refractivity contribution in [2.45, 2.75) is 6.92 Å². The zero-order chi connectivity index (χ0) is 14.5. The maximum absolute atomic E-state index is 11.0. The summed E-state index contributed by atoms with van der Waals surface area (Å²) in [7, 11) is 2.94. The lowest BCUT2D eigenvalue weighted by molar-refractivity contribution is 0.171. The number of hydrazone groups is 1. The fraction of sp³-hybridized carbons (Fsp3) is 0.200. The smallest absolute Gasteiger partial charge is 0.427 e. The maximum Gasteiger partial charge on any atom is 0.427 e. The molecular weight excluding hydrogens is 256 g/mol. The SMILES string of the molecule is COC(=O)NN=C(C)c1ccc2cc(OC)ccc2c1. The van der Waals surface area contributed by atoms with E-state index in [9.17, 15) is 4.79 Å². The van der Waals surface area contributed by atoms with E-state index in [0.29, 0.717) is 5.71 Å². The molecule has 0 radical (unpaired) electrons.